The second-order valence-corrected chi connectivity index (χ2v) is 3.86. The van der Waals surface area contributed by atoms with Gasteiger partial charge in [-0.25, -0.2) is 0 Å². The van der Waals surface area contributed by atoms with Crippen LogP contribution in [0.4, 0.5) is 0 Å². The van der Waals surface area contributed by atoms with E-state index in [9.17, 15) is 4.79 Å². The van der Waals surface area contributed by atoms with Gasteiger partial charge in [0, 0.05) is 6.04 Å². The Balaban J connectivity index is 2.74. The SMILES string of the molecule is COc1ccc(C[C@H](C(=O)O)[C@@H](C)N)cc1. The smallest absolute Gasteiger partial charge is 0.308 e. The van der Waals surface area contributed by atoms with Crippen molar-refractivity contribution in [2.24, 2.45) is 11.7 Å². The first-order valence-electron chi connectivity index (χ1n) is 5.16. The highest BCUT2D eigenvalue weighted by Crippen LogP contribution is 2.16. The summed E-state index contributed by atoms with van der Waals surface area (Å²) in [6.07, 6.45) is 0.441. The number of carboxylic acid groups (broad SMARTS) is 1. The van der Waals surface area contributed by atoms with Crippen LogP contribution in [0, 0.1) is 5.92 Å². The van der Waals surface area contributed by atoms with Crippen LogP contribution < -0.4 is 10.5 Å². The molecule has 0 aliphatic heterocycles. The van der Waals surface area contributed by atoms with Gasteiger partial charge in [-0.05, 0) is 31.0 Å². The molecule has 0 aromatic heterocycles. The number of carboxylic acids is 1. The summed E-state index contributed by atoms with van der Waals surface area (Å²) in [6.45, 7) is 1.71. The average molecular weight is 223 g/mol. The van der Waals surface area contributed by atoms with Crippen LogP contribution in [0.25, 0.3) is 0 Å². The molecule has 2 atom stereocenters. The maximum Gasteiger partial charge on any atom is 0.308 e. The fourth-order valence-corrected chi connectivity index (χ4v) is 1.51. The Hall–Kier alpha value is -1.55. The number of hydrogen-bond donors (Lipinski definition) is 2. The van der Waals surface area contributed by atoms with Crippen LogP contribution in [0.5, 0.6) is 5.75 Å². The highest BCUT2D eigenvalue weighted by molar-refractivity contribution is 5.71. The molecule has 0 saturated carbocycles. The van der Waals surface area contributed by atoms with Crippen LogP contribution in [0.2, 0.25) is 0 Å². The van der Waals surface area contributed by atoms with Gasteiger partial charge in [-0.15, -0.1) is 0 Å². The lowest BCUT2D eigenvalue weighted by Gasteiger charge is -2.16. The van der Waals surface area contributed by atoms with E-state index in [1.54, 1.807) is 14.0 Å². The largest absolute Gasteiger partial charge is 0.497 e. The van der Waals surface area contributed by atoms with E-state index in [1.807, 2.05) is 24.3 Å². The van der Waals surface area contributed by atoms with Crippen LogP contribution in [0.3, 0.4) is 0 Å². The normalized spacial score (nSPS) is 14.2. The van der Waals surface area contributed by atoms with Crippen molar-refractivity contribution >= 4 is 5.97 Å². The predicted octanol–water partition coefficient (Wildman–Crippen LogP) is 1.29. The number of hydrogen-bond acceptors (Lipinski definition) is 3. The van der Waals surface area contributed by atoms with E-state index in [1.165, 1.54) is 0 Å². The second-order valence-electron chi connectivity index (χ2n) is 3.86. The van der Waals surface area contributed by atoms with E-state index in [0.29, 0.717) is 6.42 Å². The highest BCUT2D eigenvalue weighted by atomic mass is 16.5. The molecule has 0 saturated heterocycles. The van der Waals surface area contributed by atoms with E-state index in [-0.39, 0.29) is 6.04 Å². The Morgan fingerprint density at radius 2 is 2.00 bits per heavy atom. The quantitative estimate of drug-likeness (QED) is 0.788. The molecule has 88 valence electrons. The van der Waals surface area contributed by atoms with Crippen molar-refractivity contribution in [3.63, 3.8) is 0 Å². The zero-order valence-corrected chi connectivity index (χ0v) is 9.51. The Kier molecular flexibility index (Phi) is 4.31. The summed E-state index contributed by atoms with van der Waals surface area (Å²) in [6, 6.07) is 6.98. The zero-order valence-electron chi connectivity index (χ0n) is 9.51. The van der Waals surface area contributed by atoms with Gasteiger partial charge < -0.3 is 15.6 Å². The molecule has 0 amide bonds. The maximum absolute atomic E-state index is 11.0. The molecule has 16 heavy (non-hydrogen) atoms. The average Bonchev–Trinajstić information content (AvgIpc) is 2.25. The minimum atomic E-state index is -0.856. The Morgan fingerprint density at radius 1 is 1.44 bits per heavy atom. The first-order chi connectivity index (χ1) is 7.54. The van der Waals surface area contributed by atoms with Crippen LogP contribution in [0.1, 0.15) is 12.5 Å². The summed E-state index contributed by atoms with van der Waals surface area (Å²) in [5.74, 6) is -0.643. The third kappa shape index (κ3) is 3.24. The first kappa shape index (κ1) is 12.5. The number of benzene rings is 1. The lowest BCUT2D eigenvalue weighted by atomic mass is 9.94. The summed E-state index contributed by atoms with van der Waals surface area (Å²) in [7, 11) is 1.59. The molecule has 0 bridgehead atoms. The summed E-state index contributed by atoms with van der Waals surface area (Å²) >= 11 is 0. The van der Waals surface area contributed by atoms with E-state index in [0.717, 1.165) is 11.3 Å². The van der Waals surface area contributed by atoms with Crippen molar-refractivity contribution in [3.05, 3.63) is 29.8 Å². The molecule has 0 heterocycles. The van der Waals surface area contributed by atoms with E-state index in [2.05, 4.69) is 0 Å². The van der Waals surface area contributed by atoms with Gasteiger partial charge in [-0.1, -0.05) is 12.1 Å². The monoisotopic (exact) mass is 223 g/mol. The number of rotatable bonds is 5. The van der Waals surface area contributed by atoms with E-state index >= 15 is 0 Å². The number of aliphatic carboxylic acids is 1. The highest BCUT2D eigenvalue weighted by Gasteiger charge is 2.21. The summed E-state index contributed by atoms with van der Waals surface area (Å²) in [5, 5.41) is 9.00. The van der Waals surface area contributed by atoms with Gasteiger partial charge in [0.15, 0.2) is 0 Å². The van der Waals surface area contributed by atoms with Crippen molar-refractivity contribution in [2.75, 3.05) is 7.11 Å². The molecule has 0 radical (unpaired) electrons. The summed E-state index contributed by atoms with van der Waals surface area (Å²) < 4.78 is 5.03. The molecule has 3 N–H and O–H groups in total. The Labute approximate surface area is 95.0 Å². The van der Waals surface area contributed by atoms with E-state index < -0.39 is 11.9 Å². The lowest BCUT2D eigenvalue weighted by molar-refractivity contribution is -0.142. The number of nitrogens with two attached hydrogens (primary N) is 1. The molecule has 1 aromatic carbocycles. The topological polar surface area (TPSA) is 72.5 Å². The molecule has 1 aromatic rings. The molecule has 0 fully saturated rings. The van der Waals surface area contributed by atoms with Crippen molar-refractivity contribution in [1.29, 1.82) is 0 Å². The van der Waals surface area contributed by atoms with Crippen LogP contribution in [-0.4, -0.2) is 24.2 Å². The molecular formula is C12H17NO3. The van der Waals surface area contributed by atoms with E-state index in [4.69, 9.17) is 15.6 Å². The molecule has 0 aliphatic rings. The molecule has 0 aliphatic carbocycles. The standard InChI is InChI=1S/C12H17NO3/c1-8(13)11(12(14)15)7-9-3-5-10(16-2)6-4-9/h3-6,8,11H,7,13H2,1-2H3,(H,14,15)/t8-,11+/m1/s1. The van der Waals surface area contributed by atoms with Crippen molar-refractivity contribution in [2.45, 2.75) is 19.4 Å². The second kappa shape index (κ2) is 5.51. The molecule has 4 heteroatoms. The minimum Gasteiger partial charge on any atom is -0.497 e. The molecule has 0 unspecified atom stereocenters. The molecular weight excluding hydrogens is 206 g/mol. The third-order valence-electron chi connectivity index (χ3n) is 2.57. The fraction of sp³-hybridized carbons (Fsp3) is 0.417. The number of methoxy groups -OCH3 is 1. The van der Waals surface area contributed by atoms with Crippen LogP contribution in [0.15, 0.2) is 24.3 Å². The van der Waals surface area contributed by atoms with Gasteiger partial charge in [0.25, 0.3) is 0 Å². The van der Waals surface area contributed by atoms with Crippen molar-refractivity contribution < 1.29 is 14.6 Å². The molecule has 0 spiro atoms. The predicted molar refractivity (Wildman–Crippen MR) is 61.5 cm³/mol. The van der Waals surface area contributed by atoms with Gasteiger partial charge in [0.05, 0.1) is 13.0 Å². The van der Waals surface area contributed by atoms with Crippen molar-refractivity contribution in [3.8, 4) is 5.75 Å². The van der Waals surface area contributed by atoms with Crippen LogP contribution >= 0.6 is 0 Å². The first-order valence-corrected chi connectivity index (χ1v) is 5.16. The maximum atomic E-state index is 11.0. The van der Waals surface area contributed by atoms with Crippen molar-refractivity contribution in [1.82, 2.24) is 0 Å². The third-order valence-corrected chi connectivity index (χ3v) is 2.57. The van der Waals surface area contributed by atoms with Crippen LogP contribution in [-0.2, 0) is 11.2 Å². The number of carbonyl (C=O) groups is 1. The summed E-state index contributed by atoms with van der Waals surface area (Å²) in [4.78, 5) is 11.0. The fourth-order valence-electron chi connectivity index (χ4n) is 1.51. The Bertz CT molecular complexity index is 346. The van der Waals surface area contributed by atoms with Gasteiger partial charge >= 0.3 is 5.97 Å². The van der Waals surface area contributed by atoms with Gasteiger partial charge in [0.1, 0.15) is 5.75 Å². The van der Waals surface area contributed by atoms with Gasteiger partial charge in [-0.2, -0.15) is 0 Å². The summed E-state index contributed by atoms with van der Waals surface area (Å²) in [5.41, 5.74) is 6.59. The zero-order chi connectivity index (χ0) is 12.1. The van der Waals surface area contributed by atoms with Gasteiger partial charge in [0.2, 0.25) is 0 Å². The lowest BCUT2D eigenvalue weighted by Crippen LogP contribution is -2.34. The Morgan fingerprint density at radius 3 is 2.38 bits per heavy atom. The number of ether oxygens (including phenoxy) is 1. The minimum absolute atomic E-state index is 0.361. The molecule has 1 rings (SSSR count). The molecule has 4 nitrogen and oxygen atoms in total. The van der Waals surface area contributed by atoms with Gasteiger partial charge in [-0.3, -0.25) is 4.79 Å².